The Labute approximate surface area is 71.7 Å². The summed E-state index contributed by atoms with van der Waals surface area (Å²) in [6.07, 6.45) is 2.87. The molecular formula is C9H13N3. The maximum absolute atomic E-state index is 7.52. The van der Waals surface area contributed by atoms with Crippen LogP contribution in [0.25, 0.3) is 0 Å². The summed E-state index contributed by atoms with van der Waals surface area (Å²) in [5.74, 6) is 0.439. The number of nitrogens with one attached hydrogen (secondary N) is 2. The zero-order valence-corrected chi connectivity index (χ0v) is 7.33. The molecule has 12 heavy (non-hydrogen) atoms. The van der Waals surface area contributed by atoms with Crippen molar-refractivity contribution < 1.29 is 0 Å². The minimum Gasteiger partial charge on any atom is -0.293 e. The SMILES string of the molecule is CC(C)c1ccn(C=N)c(=N)c1. The van der Waals surface area contributed by atoms with Gasteiger partial charge in [0.2, 0.25) is 0 Å². The van der Waals surface area contributed by atoms with Crippen LogP contribution >= 0.6 is 0 Å². The normalized spacial score (nSPS) is 10.2. The Kier molecular flexibility index (Phi) is 2.43. The second-order valence-electron chi connectivity index (χ2n) is 3.04. The summed E-state index contributed by atoms with van der Waals surface area (Å²) >= 11 is 0. The molecule has 0 radical (unpaired) electrons. The van der Waals surface area contributed by atoms with E-state index in [0.717, 1.165) is 11.9 Å². The van der Waals surface area contributed by atoms with Crippen LogP contribution < -0.4 is 5.49 Å². The molecule has 1 rings (SSSR count). The summed E-state index contributed by atoms with van der Waals surface area (Å²) in [4.78, 5) is 0. The highest BCUT2D eigenvalue weighted by atomic mass is 15.0. The molecule has 0 atom stereocenters. The van der Waals surface area contributed by atoms with Crippen LogP contribution in [0, 0.1) is 10.8 Å². The molecule has 0 aliphatic carbocycles. The third-order valence-electron chi connectivity index (χ3n) is 1.81. The van der Waals surface area contributed by atoms with Crippen molar-refractivity contribution in [3.8, 4) is 0 Å². The number of hydrogen-bond donors (Lipinski definition) is 2. The second-order valence-corrected chi connectivity index (χ2v) is 3.04. The highest BCUT2D eigenvalue weighted by Crippen LogP contribution is 2.09. The van der Waals surface area contributed by atoms with Gasteiger partial charge >= 0.3 is 0 Å². The van der Waals surface area contributed by atoms with E-state index in [2.05, 4.69) is 13.8 Å². The molecule has 0 aliphatic heterocycles. The number of rotatable bonds is 2. The van der Waals surface area contributed by atoms with Gasteiger partial charge in [-0.25, -0.2) is 0 Å². The zero-order chi connectivity index (χ0) is 9.14. The van der Waals surface area contributed by atoms with E-state index < -0.39 is 0 Å². The molecule has 1 aromatic heterocycles. The first kappa shape index (κ1) is 8.71. The van der Waals surface area contributed by atoms with Gasteiger partial charge in [-0.1, -0.05) is 13.8 Å². The largest absolute Gasteiger partial charge is 0.293 e. The number of hydrogen-bond acceptors (Lipinski definition) is 2. The van der Waals surface area contributed by atoms with Gasteiger partial charge < -0.3 is 0 Å². The molecule has 1 aromatic rings. The van der Waals surface area contributed by atoms with Crippen LogP contribution in [-0.4, -0.2) is 10.9 Å². The molecule has 0 aliphatic rings. The fourth-order valence-electron chi connectivity index (χ4n) is 0.999. The maximum atomic E-state index is 7.52. The Bertz CT molecular complexity index is 336. The summed E-state index contributed by atoms with van der Waals surface area (Å²) in [5.41, 5.74) is 1.49. The molecule has 0 unspecified atom stereocenters. The molecule has 0 saturated heterocycles. The van der Waals surface area contributed by atoms with Crippen LogP contribution in [0.2, 0.25) is 0 Å². The molecule has 3 nitrogen and oxygen atoms in total. The van der Waals surface area contributed by atoms with Crippen LogP contribution in [0.15, 0.2) is 18.3 Å². The lowest BCUT2D eigenvalue weighted by Gasteiger charge is -2.05. The molecule has 0 spiro atoms. The number of pyridine rings is 1. The fraction of sp³-hybridized carbons (Fsp3) is 0.333. The van der Waals surface area contributed by atoms with Crippen LogP contribution in [0.3, 0.4) is 0 Å². The van der Waals surface area contributed by atoms with Gasteiger partial charge in [-0.3, -0.25) is 15.4 Å². The topological polar surface area (TPSA) is 52.6 Å². The van der Waals surface area contributed by atoms with E-state index in [0.29, 0.717) is 11.4 Å². The van der Waals surface area contributed by atoms with Crippen molar-refractivity contribution in [2.75, 3.05) is 0 Å². The Hall–Kier alpha value is -1.38. The molecule has 0 saturated carbocycles. The van der Waals surface area contributed by atoms with Crippen molar-refractivity contribution in [1.29, 1.82) is 10.8 Å². The summed E-state index contributed by atoms with van der Waals surface area (Å²) < 4.78 is 1.46. The summed E-state index contributed by atoms with van der Waals surface area (Å²) in [7, 11) is 0. The van der Waals surface area contributed by atoms with E-state index in [9.17, 15) is 0 Å². The molecule has 64 valence electrons. The van der Waals surface area contributed by atoms with Crippen LogP contribution in [0.5, 0.6) is 0 Å². The van der Waals surface area contributed by atoms with Gasteiger partial charge in [0.05, 0.1) is 6.34 Å². The van der Waals surface area contributed by atoms with Gasteiger partial charge in [-0.2, -0.15) is 0 Å². The molecule has 3 heteroatoms. The number of nitrogens with zero attached hydrogens (tertiary/aromatic N) is 1. The lowest BCUT2D eigenvalue weighted by Crippen LogP contribution is -2.18. The van der Waals surface area contributed by atoms with E-state index in [4.69, 9.17) is 10.8 Å². The maximum Gasteiger partial charge on any atom is 0.130 e. The first-order valence-electron chi connectivity index (χ1n) is 3.92. The monoisotopic (exact) mass is 163 g/mol. The summed E-state index contributed by atoms with van der Waals surface area (Å²) in [6.45, 7) is 4.17. The van der Waals surface area contributed by atoms with Gasteiger partial charge in [0.15, 0.2) is 0 Å². The fourth-order valence-corrected chi connectivity index (χ4v) is 0.999. The predicted molar refractivity (Wildman–Crippen MR) is 48.6 cm³/mol. The van der Waals surface area contributed by atoms with E-state index in [1.54, 1.807) is 12.3 Å². The summed E-state index contributed by atoms with van der Waals surface area (Å²) in [6, 6.07) is 3.73. The van der Waals surface area contributed by atoms with E-state index in [1.807, 2.05) is 6.07 Å². The van der Waals surface area contributed by atoms with E-state index >= 15 is 0 Å². The highest BCUT2D eigenvalue weighted by Gasteiger charge is 1.98. The highest BCUT2D eigenvalue weighted by molar-refractivity contribution is 5.53. The first-order chi connectivity index (χ1) is 5.65. The van der Waals surface area contributed by atoms with Gasteiger partial charge in [-0.05, 0) is 23.6 Å². The molecule has 1 heterocycles. The molecule has 2 N–H and O–H groups in total. The van der Waals surface area contributed by atoms with Crippen molar-refractivity contribution in [2.45, 2.75) is 19.8 Å². The Balaban J connectivity index is 3.19. The second kappa shape index (κ2) is 3.34. The first-order valence-corrected chi connectivity index (χ1v) is 3.92. The van der Waals surface area contributed by atoms with Crippen LogP contribution in [0.4, 0.5) is 0 Å². The van der Waals surface area contributed by atoms with E-state index in [1.165, 1.54) is 4.57 Å². The van der Waals surface area contributed by atoms with Crippen molar-refractivity contribution in [3.05, 3.63) is 29.4 Å². The standard InChI is InChI=1S/C9H13N3/c1-7(2)8-3-4-12(6-10)9(11)5-8/h3-7,10-11H,1-2H3. The average Bonchev–Trinajstić information content (AvgIpc) is 2.04. The average molecular weight is 163 g/mol. The smallest absolute Gasteiger partial charge is 0.130 e. The van der Waals surface area contributed by atoms with Crippen molar-refractivity contribution in [3.63, 3.8) is 0 Å². The minimum absolute atomic E-state index is 0.358. The molecule has 0 aromatic carbocycles. The molecule has 0 fully saturated rings. The predicted octanol–water partition coefficient (Wildman–Crippen LogP) is 1.55. The lowest BCUT2D eigenvalue weighted by atomic mass is 10.1. The van der Waals surface area contributed by atoms with Crippen LogP contribution in [-0.2, 0) is 0 Å². The third kappa shape index (κ3) is 1.61. The van der Waals surface area contributed by atoms with Gasteiger partial charge in [0, 0.05) is 6.20 Å². The Morgan fingerprint density at radius 3 is 2.58 bits per heavy atom. The number of aromatic nitrogens is 1. The quantitative estimate of drug-likeness (QED) is 0.491. The summed E-state index contributed by atoms with van der Waals surface area (Å²) in [5, 5.41) is 14.5. The van der Waals surface area contributed by atoms with Gasteiger partial charge in [-0.15, -0.1) is 0 Å². The Morgan fingerprint density at radius 1 is 1.50 bits per heavy atom. The minimum atomic E-state index is 0.358. The molecule has 0 amide bonds. The zero-order valence-electron chi connectivity index (χ0n) is 7.33. The van der Waals surface area contributed by atoms with Crippen LogP contribution in [0.1, 0.15) is 25.3 Å². The van der Waals surface area contributed by atoms with Crippen molar-refractivity contribution in [2.24, 2.45) is 0 Å². The Morgan fingerprint density at radius 2 is 2.17 bits per heavy atom. The van der Waals surface area contributed by atoms with Crippen molar-refractivity contribution >= 4 is 6.34 Å². The van der Waals surface area contributed by atoms with E-state index in [-0.39, 0.29) is 0 Å². The molecule has 0 bridgehead atoms. The third-order valence-corrected chi connectivity index (χ3v) is 1.81. The van der Waals surface area contributed by atoms with Gasteiger partial charge in [0.1, 0.15) is 5.49 Å². The van der Waals surface area contributed by atoms with Crippen molar-refractivity contribution in [1.82, 2.24) is 4.57 Å². The lowest BCUT2D eigenvalue weighted by molar-refractivity contribution is 0.845. The molecular weight excluding hydrogens is 150 g/mol. The van der Waals surface area contributed by atoms with Gasteiger partial charge in [0.25, 0.3) is 0 Å².